The molecule has 0 unspecified atom stereocenters. The number of rotatable bonds is 4. The predicted molar refractivity (Wildman–Crippen MR) is 62.5 cm³/mol. The van der Waals surface area contributed by atoms with E-state index < -0.39 is 9.84 Å². The molecule has 0 bridgehead atoms. The Labute approximate surface area is 97.5 Å². The van der Waals surface area contributed by atoms with Crippen molar-refractivity contribution in [1.29, 1.82) is 0 Å². The highest BCUT2D eigenvalue weighted by Crippen LogP contribution is 2.25. The number of sulfone groups is 1. The van der Waals surface area contributed by atoms with Crippen LogP contribution in [0.25, 0.3) is 0 Å². The number of methoxy groups -OCH3 is 1. The van der Waals surface area contributed by atoms with Gasteiger partial charge >= 0.3 is 0 Å². The van der Waals surface area contributed by atoms with E-state index in [1.165, 1.54) is 13.2 Å². The van der Waals surface area contributed by atoms with E-state index in [0.717, 1.165) is 0 Å². The van der Waals surface area contributed by atoms with Crippen LogP contribution in [0.3, 0.4) is 0 Å². The van der Waals surface area contributed by atoms with Gasteiger partial charge in [-0.1, -0.05) is 0 Å². The minimum atomic E-state index is -3.30. The number of halogens is 1. The number of benzene rings is 1. The van der Waals surface area contributed by atoms with Gasteiger partial charge in [0.2, 0.25) is 0 Å². The topological polar surface area (TPSA) is 69.4 Å². The molecule has 6 heteroatoms. The Morgan fingerprint density at radius 3 is 2.67 bits per heavy atom. The molecule has 4 nitrogen and oxygen atoms in total. The summed E-state index contributed by atoms with van der Waals surface area (Å²) in [5, 5.41) is 0. The first-order valence-corrected chi connectivity index (χ1v) is 6.68. The van der Waals surface area contributed by atoms with Crippen molar-refractivity contribution in [1.82, 2.24) is 0 Å². The molecule has 0 amide bonds. The van der Waals surface area contributed by atoms with Crippen molar-refractivity contribution in [2.24, 2.45) is 0 Å². The predicted octanol–water partition coefficient (Wildman–Crippen LogP) is 1.45. The van der Waals surface area contributed by atoms with E-state index in [9.17, 15) is 8.42 Å². The third-order valence-corrected chi connectivity index (χ3v) is 4.50. The molecular formula is C9H12BrNO3S. The van der Waals surface area contributed by atoms with Crippen LogP contribution in [0.4, 0.5) is 5.69 Å². The van der Waals surface area contributed by atoms with Gasteiger partial charge < -0.3 is 10.5 Å². The molecule has 0 aliphatic heterocycles. The molecule has 0 atom stereocenters. The van der Waals surface area contributed by atoms with Crippen molar-refractivity contribution >= 4 is 31.5 Å². The monoisotopic (exact) mass is 293 g/mol. The zero-order chi connectivity index (χ0) is 11.5. The molecule has 1 rings (SSSR count). The van der Waals surface area contributed by atoms with E-state index >= 15 is 0 Å². The summed E-state index contributed by atoms with van der Waals surface area (Å²) in [5.41, 5.74) is 6.04. The van der Waals surface area contributed by atoms with Gasteiger partial charge in [0.25, 0.3) is 0 Å². The van der Waals surface area contributed by atoms with Gasteiger partial charge in [-0.2, -0.15) is 0 Å². The van der Waals surface area contributed by atoms with Crippen LogP contribution in [0, 0.1) is 0 Å². The van der Waals surface area contributed by atoms with Crippen LogP contribution in [0.1, 0.15) is 0 Å². The number of hydrogen-bond acceptors (Lipinski definition) is 4. The second-order valence-corrected chi connectivity index (χ2v) is 5.93. The van der Waals surface area contributed by atoms with E-state index in [1.54, 1.807) is 12.1 Å². The van der Waals surface area contributed by atoms with E-state index in [4.69, 9.17) is 10.5 Å². The van der Waals surface area contributed by atoms with Gasteiger partial charge in [0.1, 0.15) is 0 Å². The Bertz CT molecular complexity index is 445. The second kappa shape index (κ2) is 4.96. The van der Waals surface area contributed by atoms with E-state index in [-0.39, 0.29) is 17.3 Å². The van der Waals surface area contributed by atoms with Gasteiger partial charge in [-0.15, -0.1) is 0 Å². The fourth-order valence-corrected chi connectivity index (χ4v) is 3.45. The molecule has 0 aromatic heterocycles. The minimum absolute atomic E-state index is 0.0357. The lowest BCUT2D eigenvalue weighted by molar-refractivity contribution is 0.217. The van der Waals surface area contributed by atoms with Crippen molar-refractivity contribution < 1.29 is 13.2 Å². The van der Waals surface area contributed by atoms with Crippen LogP contribution in [0.2, 0.25) is 0 Å². The molecule has 0 radical (unpaired) electrons. The SMILES string of the molecule is COCCS(=O)(=O)c1ccc(N)cc1Br. The molecule has 2 N–H and O–H groups in total. The maximum atomic E-state index is 11.8. The average Bonchev–Trinajstić information content (AvgIpc) is 2.14. The summed E-state index contributed by atoms with van der Waals surface area (Å²) in [6.45, 7) is 0.180. The Hall–Kier alpha value is -0.590. The lowest BCUT2D eigenvalue weighted by atomic mass is 10.3. The first-order chi connectivity index (χ1) is 6.97. The summed E-state index contributed by atoms with van der Waals surface area (Å²) in [7, 11) is -1.83. The summed E-state index contributed by atoms with van der Waals surface area (Å²) >= 11 is 3.17. The number of nitrogens with two attached hydrogens (primary N) is 1. The summed E-state index contributed by atoms with van der Waals surface area (Å²) in [5.74, 6) is -0.0357. The molecule has 0 spiro atoms. The minimum Gasteiger partial charge on any atom is -0.399 e. The van der Waals surface area contributed by atoms with Crippen LogP contribution >= 0.6 is 15.9 Å². The van der Waals surface area contributed by atoms with Crippen molar-refractivity contribution in [2.75, 3.05) is 25.2 Å². The second-order valence-electron chi connectivity index (χ2n) is 3.00. The number of hydrogen-bond donors (Lipinski definition) is 1. The van der Waals surface area contributed by atoms with Crippen molar-refractivity contribution in [3.8, 4) is 0 Å². The van der Waals surface area contributed by atoms with E-state index in [0.29, 0.717) is 10.2 Å². The Morgan fingerprint density at radius 2 is 2.13 bits per heavy atom. The quantitative estimate of drug-likeness (QED) is 0.853. The molecule has 1 aromatic carbocycles. The normalized spacial score (nSPS) is 11.6. The molecule has 0 aliphatic rings. The first kappa shape index (κ1) is 12.5. The molecule has 0 aliphatic carbocycles. The zero-order valence-electron chi connectivity index (χ0n) is 8.23. The third-order valence-electron chi connectivity index (χ3n) is 1.85. The van der Waals surface area contributed by atoms with E-state index in [1.807, 2.05) is 0 Å². The number of anilines is 1. The van der Waals surface area contributed by atoms with Crippen LogP contribution in [-0.4, -0.2) is 27.9 Å². The lowest BCUT2D eigenvalue weighted by Crippen LogP contribution is -2.12. The maximum absolute atomic E-state index is 11.8. The van der Waals surface area contributed by atoms with Crippen LogP contribution in [0.15, 0.2) is 27.6 Å². The van der Waals surface area contributed by atoms with Gasteiger partial charge in [0.15, 0.2) is 9.84 Å². The maximum Gasteiger partial charge on any atom is 0.181 e. The van der Waals surface area contributed by atoms with Crippen molar-refractivity contribution in [3.05, 3.63) is 22.7 Å². The highest BCUT2D eigenvalue weighted by molar-refractivity contribution is 9.10. The Balaban J connectivity index is 3.05. The smallest absolute Gasteiger partial charge is 0.181 e. The zero-order valence-corrected chi connectivity index (χ0v) is 10.6. The highest BCUT2D eigenvalue weighted by Gasteiger charge is 2.17. The number of ether oxygens (including phenoxy) is 1. The fraction of sp³-hybridized carbons (Fsp3) is 0.333. The molecule has 0 saturated carbocycles. The largest absolute Gasteiger partial charge is 0.399 e. The van der Waals surface area contributed by atoms with Gasteiger partial charge in [0, 0.05) is 17.3 Å². The fourth-order valence-electron chi connectivity index (χ4n) is 1.07. The summed E-state index contributed by atoms with van der Waals surface area (Å²) in [4.78, 5) is 0.244. The summed E-state index contributed by atoms with van der Waals surface area (Å²) in [6.07, 6.45) is 0. The summed E-state index contributed by atoms with van der Waals surface area (Å²) < 4.78 is 28.8. The lowest BCUT2D eigenvalue weighted by Gasteiger charge is -2.06. The molecular weight excluding hydrogens is 282 g/mol. The molecule has 15 heavy (non-hydrogen) atoms. The third kappa shape index (κ3) is 3.19. The van der Waals surface area contributed by atoms with Gasteiger partial charge in [-0.3, -0.25) is 0 Å². The van der Waals surface area contributed by atoms with Crippen molar-refractivity contribution in [3.63, 3.8) is 0 Å². The van der Waals surface area contributed by atoms with Gasteiger partial charge in [-0.05, 0) is 34.1 Å². The highest BCUT2D eigenvalue weighted by atomic mass is 79.9. The van der Waals surface area contributed by atoms with Crippen molar-refractivity contribution in [2.45, 2.75) is 4.90 Å². The van der Waals surface area contributed by atoms with Gasteiger partial charge in [0.05, 0.1) is 17.3 Å². The first-order valence-electron chi connectivity index (χ1n) is 4.24. The van der Waals surface area contributed by atoms with Gasteiger partial charge in [-0.25, -0.2) is 8.42 Å². The molecule has 0 saturated heterocycles. The summed E-state index contributed by atoms with van der Waals surface area (Å²) in [6, 6.07) is 4.62. The van der Waals surface area contributed by atoms with Crippen LogP contribution < -0.4 is 5.73 Å². The Kier molecular flexibility index (Phi) is 4.12. The standard InChI is InChI=1S/C9H12BrNO3S/c1-14-4-5-15(12,13)9-3-2-7(11)6-8(9)10/h2-3,6H,4-5,11H2,1H3. The average molecular weight is 294 g/mol. The van der Waals surface area contributed by atoms with Crippen LogP contribution in [0.5, 0.6) is 0 Å². The molecule has 84 valence electrons. The molecule has 1 aromatic rings. The Morgan fingerprint density at radius 1 is 1.47 bits per heavy atom. The van der Waals surface area contributed by atoms with Crippen LogP contribution in [-0.2, 0) is 14.6 Å². The molecule has 0 fully saturated rings. The molecule has 0 heterocycles. The van der Waals surface area contributed by atoms with E-state index in [2.05, 4.69) is 15.9 Å². The number of nitrogen functional groups attached to an aromatic ring is 1.